The van der Waals surface area contributed by atoms with Crippen LogP contribution in [0.4, 0.5) is 0 Å². The van der Waals surface area contributed by atoms with E-state index in [1.165, 1.54) is 109 Å². The van der Waals surface area contributed by atoms with Crippen molar-refractivity contribution in [2.75, 3.05) is 26.4 Å². The first-order chi connectivity index (χ1) is 27.8. The smallest absolute Gasteiger partial charge is 0.462 e. The third-order valence-electron chi connectivity index (χ3n) is 9.70. The zero-order chi connectivity index (χ0) is 41.8. The Morgan fingerprint density at radius 2 is 0.947 bits per heavy atom. The second-order valence-corrected chi connectivity index (χ2v) is 16.7. The zero-order valence-electron chi connectivity index (χ0n) is 36.6. The molecule has 0 aromatic rings. The molecule has 0 fully saturated rings. The largest absolute Gasteiger partial charge is 0.472 e. The number of hydrogen-bond donors (Lipinski definition) is 2. The molecule has 0 bridgehead atoms. The number of phosphoric acid groups is 1. The zero-order valence-corrected chi connectivity index (χ0v) is 37.5. The Kier molecular flexibility index (Phi) is 42.0. The van der Waals surface area contributed by atoms with E-state index in [4.69, 9.17) is 24.3 Å². The van der Waals surface area contributed by atoms with Gasteiger partial charge in [-0.15, -0.1) is 0 Å². The Hall–Kier alpha value is -2.03. The maximum absolute atomic E-state index is 12.6. The van der Waals surface area contributed by atoms with Crippen molar-refractivity contribution in [3.05, 3.63) is 48.6 Å². The Labute approximate surface area is 349 Å². The molecule has 0 heterocycles. The summed E-state index contributed by atoms with van der Waals surface area (Å²) in [5.41, 5.74) is 5.35. The molecule has 10 heteroatoms. The Balaban J connectivity index is 4.15. The van der Waals surface area contributed by atoms with Gasteiger partial charge in [-0.2, -0.15) is 0 Å². The Morgan fingerprint density at radius 1 is 0.526 bits per heavy atom. The number of ether oxygens (including phenoxy) is 2. The first-order valence-corrected chi connectivity index (χ1v) is 24.6. The maximum atomic E-state index is 12.6. The van der Waals surface area contributed by atoms with Gasteiger partial charge in [0.15, 0.2) is 6.10 Å². The molecule has 0 aliphatic heterocycles. The summed E-state index contributed by atoms with van der Waals surface area (Å²) in [6.45, 7) is 3.65. The third kappa shape index (κ3) is 43.4. The van der Waals surface area contributed by atoms with Gasteiger partial charge >= 0.3 is 19.8 Å². The van der Waals surface area contributed by atoms with Gasteiger partial charge in [-0.25, -0.2) is 4.57 Å². The van der Waals surface area contributed by atoms with E-state index in [0.29, 0.717) is 12.8 Å². The molecule has 9 nitrogen and oxygen atoms in total. The molecule has 0 aromatic heterocycles. The lowest BCUT2D eigenvalue weighted by molar-refractivity contribution is -0.161. The molecule has 3 N–H and O–H groups in total. The van der Waals surface area contributed by atoms with E-state index in [-0.39, 0.29) is 32.6 Å². The van der Waals surface area contributed by atoms with Crippen molar-refractivity contribution in [2.24, 2.45) is 5.73 Å². The van der Waals surface area contributed by atoms with Crippen molar-refractivity contribution in [2.45, 2.75) is 213 Å². The predicted molar refractivity (Wildman–Crippen MR) is 238 cm³/mol. The number of esters is 2. The van der Waals surface area contributed by atoms with Gasteiger partial charge in [-0.05, 0) is 51.4 Å². The van der Waals surface area contributed by atoms with Gasteiger partial charge < -0.3 is 20.1 Å². The van der Waals surface area contributed by atoms with Crippen molar-refractivity contribution in [3.8, 4) is 0 Å². The fourth-order valence-electron chi connectivity index (χ4n) is 6.27. The number of carbonyl (C=O) groups is 2. The topological polar surface area (TPSA) is 134 Å². The minimum Gasteiger partial charge on any atom is -0.462 e. The molecule has 0 saturated carbocycles. The van der Waals surface area contributed by atoms with Crippen molar-refractivity contribution in [3.63, 3.8) is 0 Å². The summed E-state index contributed by atoms with van der Waals surface area (Å²) in [4.78, 5) is 34.9. The van der Waals surface area contributed by atoms with E-state index >= 15 is 0 Å². The Bertz CT molecular complexity index is 1080. The normalized spacial score (nSPS) is 13.7. The van der Waals surface area contributed by atoms with E-state index in [9.17, 15) is 19.0 Å². The van der Waals surface area contributed by atoms with Crippen molar-refractivity contribution in [1.82, 2.24) is 0 Å². The molecule has 0 aliphatic carbocycles. The van der Waals surface area contributed by atoms with Gasteiger partial charge in [0.05, 0.1) is 13.2 Å². The standard InChI is InChI=1S/C47H86NO8P/c1-3-5-7-9-11-13-15-17-19-21-22-24-26-28-30-32-34-36-38-40-47(50)56-45(44-55-57(51,52)54-42-41-48)43-53-46(49)39-37-35-33-31-29-27-25-23-20-18-16-14-12-10-8-6-4-2/h8,10,14,16,20,23,27,29,45H,3-7,9,11-13,15,17-19,21-22,24-26,28,30-44,48H2,1-2H3,(H,51,52)/b10-8+,16-14+,23-20+,29-27+/t45-/m1/s1. The predicted octanol–water partition coefficient (Wildman–Crippen LogP) is 13.5. The minimum absolute atomic E-state index is 0.0485. The van der Waals surface area contributed by atoms with Gasteiger partial charge in [0, 0.05) is 19.4 Å². The van der Waals surface area contributed by atoms with E-state index in [1.54, 1.807) is 0 Å². The highest BCUT2D eigenvalue weighted by atomic mass is 31.2. The molecular formula is C47H86NO8P. The van der Waals surface area contributed by atoms with Crippen LogP contribution in [0.25, 0.3) is 0 Å². The molecule has 57 heavy (non-hydrogen) atoms. The summed E-state index contributed by atoms with van der Waals surface area (Å²) < 4.78 is 32.8. The molecule has 0 amide bonds. The van der Waals surface area contributed by atoms with Gasteiger partial charge in [0.25, 0.3) is 0 Å². The van der Waals surface area contributed by atoms with Crippen LogP contribution in [0.2, 0.25) is 0 Å². The number of nitrogens with two attached hydrogens (primary N) is 1. The fraction of sp³-hybridized carbons (Fsp3) is 0.787. The number of unbranched alkanes of at least 4 members (excludes halogenated alkanes) is 22. The number of rotatable bonds is 43. The van der Waals surface area contributed by atoms with Crippen molar-refractivity contribution < 1.29 is 37.6 Å². The van der Waals surface area contributed by atoms with E-state index in [0.717, 1.165) is 57.8 Å². The average molecular weight is 824 g/mol. The quantitative estimate of drug-likeness (QED) is 0.0267. The maximum Gasteiger partial charge on any atom is 0.472 e. The number of allylic oxidation sites excluding steroid dienone is 8. The third-order valence-corrected chi connectivity index (χ3v) is 10.7. The molecule has 0 spiro atoms. The van der Waals surface area contributed by atoms with Crippen LogP contribution in [0.1, 0.15) is 206 Å². The van der Waals surface area contributed by atoms with Crippen LogP contribution in [0, 0.1) is 0 Å². The van der Waals surface area contributed by atoms with Crippen LogP contribution in [-0.4, -0.2) is 49.3 Å². The highest BCUT2D eigenvalue weighted by molar-refractivity contribution is 7.47. The molecular weight excluding hydrogens is 737 g/mol. The van der Waals surface area contributed by atoms with Gasteiger partial charge in [0.1, 0.15) is 6.61 Å². The minimum atomic E-state index is -4.39. The number of phosphoric ester groups is 1. The second kappa shape index (κ2) is 43.5. The summed E-state index contributed by atoms with van der Waals surface area (Å²) in [5, 5.41) is 0. The molecule has 0 radical (unpaired) electrons. The molecule has 2 atom stereocenters. The van der Waals surface area contributed by atoms with Crippen LogP contribution in [0.15, 0.2) is 48.6 Å². The van der Waals surface area contributed by atoms with E-state index in [2.05, 4.69) is 62.5 Å². The monoisotopic (exact) mass is 824 g/mol. The first-order valence-electron chi connectivity index (χ1n) is 23.1. The summed E-state index contributed by atoms with van der Waals surface area (Å²) in [6.07, 6.45) is 50.0. The van der Waals surface area contributed by atoms with Crippen molar-refractivity contribution >= 4 is 19.8 Å². The van der Waals surface area contributed by atoms with E-state index < -0.39 is 32.5 Å². The van der Waals surface area contributed by atoms with Gasteiger partial charge in [0.2, 0.25) is 0 Å². The number of carbonyl (C=O) groups excluding carboxylic acids is 2. The molecule has 0 aromatic carbocycles. The van der Waals surface area contributed by atoms with Gasteiger partial charge in [-0.3, -0.25) is 18.6 Å². The van der Waals surface area contributed by atoms with Gasteiger partial charge in [-0.1, -0.05) is 191 Å². The lowest BCUT2D eigenvalue weighted by atomic mass is 10.0. The molecule has 1 unspecified atom stereocenters. The molecule has 0 aliphatic rings. The summed E-state index contributed by atoms with van der Waals surface area (Å²) in [6, 6.07) is 0. The lowest BCUT2D eigenvalue weighted by Crippen LogP contribution is -2.29. The van der Waals surface area contributed by atoms with E-state index in [1.807, 2.05) is 0 Å². The highest BCUT2D eigenvalue weighted by Crippen LogP contribution is 2.43. The fourth-order valence-corrected chi connectivity index (χ4v) is 7.04. The first kappa shape index (κ1) is 55.0. The number of hydrogen-bond acceptors (Lipinski definition) is 8. The summed E-state index contributed by atoms with van der Waals surface area (Å²) in [5.74, 6) is -0.860. The van der Waals surface area contributed by atoms with Crippen molar-refractivity contribution in [1.29, 1.82) is 0 Å². The SMILES string of the molecule is CCC/C=C/C/C=C/C/C=C/C/C=C/CCCCCC(=O)OC[C@H](COP(=O)(O)OCCN)OC(=O)CCCCCCCCCCCCCCCCCCCCC. The Morgan fingerprint density at radius 3 is 1.42 bits per heavy atom. The lowest BCUT2D eigenvalue weighted by Gasteiger charge is -2.19. The second-order valence-electron chi connectivity index (χ2n) is 15.3. The average Bonchev–Trinajstić information content (AvgIpc) is 3.20. The van der Waals surface area contributed by atoms with Crippen LogP contribution < -0.4 is 5.73 Å². The summed E-state index contributed by atoms with van der Waals surface area (Å²) >= 11 is 0. The van der Waals surface area contributed by atoms with Crippen LogP contribution >= 0.6 is 7.82 Å². The molecule has 332 valence electrons. The molecule has 0 saturated heterocycles. The summed E-state index contributed by atoms with van der Waals surface area (Å²) in [7, 11) is -4.39. The van der Waals surface area contributed by atoms with Crippen LogP contribution in [0.3, 0.4) is 0 Å². The molecule has 0 rings (SSSR count). The van der Waals surface area contributed by atoms with Crippen LogP contribution in [-0.2, 0) is 32.7 Å². The highest BCUT2D eigenvalue weighted by Gasteiger charge is 2.26. The van der Waals surface area contributed by atoms with Crippen LogP contribution in [0.5, 0.6) is 0 Å².